The molecule has 0 atom stereocenters. The lowest BCUT2D eigenvalue weighted by Gasteiger charge is -2.26. The summed E-state index contributed by atoms with van der Waals surface area (Å²) < 4.78 is 5.21. The van der Waals surface area contributed by atoms with Gasteiger partial charge in [0.2, 0.25) is 11.8 Å². The van der Waals surface area contributed by atoms with Crippen LogP contribution in [0.1, 0.15) is 0 Å². The molecule has 1 saturated heterocycles. The number of ether oxygens (including phenoxy) is 1. The van der Waals surface area contributed by atoms with Crippen molar-refractivity contribution in [1.82, 2.24) is 10.2 Å². The highest BCUT2D eigenvalue weighted by Gasteiger charge is 2.19. The summed E-state index contributed by atoms with van der Waals surface area (Å²) in [5.74, 6) is 0.527. The van der Waals surface area contributed by atoms with Crippen molar-refractivity contribution in [2.45, 2.75) is 0 Å². The van der Waals surface area contributed by atoms with E-state index in [1.54, 1.807) is 12.0 Å². The monoisotopic (exact) mass is 354 g/mol. The summed E-state index contributed by atoms with van der Waals surface area (Å²) in [5, 5.41) is 9.08. The number of carbonyl (C=O) groups excluding carboxylic acids is 2. The number of amides is 2. The Hall–Kier alpha value is -3.06. The van der Waals surface area contributed by atoms with Gasteiger partial charge in [0.15, 0.2) is 0 Å². The third kappa shape index (κ3) is 4.73. The van der Waals surface area contributed by atoms with E-state index in [2.05, 4.69) is 16.0 Å². The summed E-state index contributed by atoms with van der Waals surface area (Å²) in [6.07, 6.45) is 0. The van der Waals surface area contributed by atoms with Crippen LogP contribution in [-0.2, 0) is 9.59 Å². The zero-order valence-corrected chi connectivity index (χ0v) is 14.6. The summed E-state index contributed by atoms with van der Waals surface area (Å²) in [7, 11) is 1.63. The third-order valence-corrected chi connectivity index (χ3v) is 4.05. The van der Waals surface area contributed by atoms with E-state index in [9.17, 15) is 9.59 Å². The number of carbonyl (C=O) groups is 2. The van der Waals surface area contributed by atoms with Gasteiger partial charge < -0.3 is 25.6 Å². The standard InChI is InChI=1S/C19H22N4O3/c1-26-17-4-2-3-16(11-17)21-14-5-7-15(8-6-14)22-18(24)13-23-10-9-20-12-19(23)25/h2-8,11,20-21H,9-10,12-13H2,1H3,(H,22,24). The minimum atomic E-state index is -0.200. The van der Waals surface area contributed by atoms with Gasteiger partial charge in [0, 0.05) is 36.2 Å². The van der Waals surface area contributed by atoms with Crippen LogP contribution >= 0.6 is 0 Å². The Kier molecular flexibility index (Phi) is 5.70. The third-order valence-electron chi connectivity index (χ3n) is 4.05. The average Bonchev–Trinajstić information content (AvgIpc) is 2.65. The molecule has 7 nitrogen and oxygen atoms in total. The highest BCUT2D eigenvalue weighted by atomic mass is 16.5. The molecule has 0 unspecified atom stereocenters. The largest absolute Gasteiger partial charge is 0.497 e. The Bertz CT molecular complexity index is 777. The van der Waals surface area contributed by atoms with Gasteiger partial charge >= 0.3 is 0 Å². The predicted octanol–water partition coefficient (Wildman–Crippen LogP) is 1.81. The molecule has 1 aliphatic rings. The first-order valence-corrected chi connectivity index (χ1v) is 8.43. The van der Waals surface area contributed by atoms with Crippen LogP contribution in [0.25, 0.3) is 0 Å². The molecular formula is C19H22N4O3. The Labute approximate surface area is 152 Å². The number of hydrogen-bond donors (Lipinski definition) is 3. The fourth-order valence-electron chi connectivity index (χ4n) is 2.69. The van der Waals surface area contributed by atoms with Crippen LogP contribution < -0.4 is 20.7 Å². The van der Waals surface area contributed by atoms with Gasteiger partial charge in [-0.1, -0.05) is 6.07 Å². The summed E-state index contributed by atoms with van der Waals surface area (Å²) in [5.41, 5.74) is 2.50. The molecule has 0 bridgehead atoms. The molecule has 2 amide bonds. The number of benzene rings is 2. The van der Waals surface area contributed by atoms with Crippen LogP contribution in [0.2, 0.25) is 0 Å². The Morgan fingerprint density at radius 2 is 1.92 bits per heavy atom. The van der Waals surface area contributed by atoms with Crippen LogP contribution in [0.3, 0.4) is 0 Å². The molecule has 0 spiro atoms. The van der Waals surface area contributed by atoms with Gasteiger partial charge in [0.05, 0.1) is 20.2 Å². The number of methoxy groups -OCH3 is 1. The summed E-state index contributed by atoms with van der Waals surface area (Å²) in [6.45, 7) is 1.63. The van der Waals surface area contributed by atoms with Gasteiger partial charge in [-0.05, 0) is 36.4 Å². The lowest BCUT2D eigenvalue weighted by atomic mass is 10.2. The first kappa shape index (κ1) is 17.8. The zero-order chi connectivity index (χ0) is 18.4. The molecular weight excluding hydrogens is 332 g/mol. The molecule has 2 aromatic carbocycles. The molecule has 1 aliphatic heterocycles. The number of nitrogens with zero attached hydrogens (tertiary/aromatic N) is 1. The minimum Gasteiger partial charge on any atom is -0.497 e. The smallest absolute Gasteiger partial charge is 0.243 e. The van der Waals surface area contributed by atoms with E-state index in [4.69, 9.17) is 4.74 Å². The van der Waals surface area contributed by atoms with Crippen LogP contribution in [0.4, 0.5) is 17.1 Å². The van der Waals surface area contributed by atoms with Crippen LogP contribution in [0.5, 0.6) is 5.75 Å². The number of nitrogens with one attached hydrogen (secondary N) is 3. The van der Waals surface area contributed by atoms with E-state index in [0.29, 0.717) is 18.8 Å². The lowest BCUT2D eigenvalue weighted by molar-refractivity contribution is -0.135. The Morgan fingerprint density at radius 3 is 2.65 bits per heavy atom. The topological polar surface area (TPSA) is 82.7 Å². The van der Waals surface area contributed by atoms with E-state index < -0.39 is 0 Å². The SMILES string of the molecule is COc1cccc(Nc2ccc(NC(=O)CN3CCNCC3=O)cc2)c1. The molecule has 136 valence electrons. The molecule has 26 heavy (non-hydrogen) atoms. The second-order valence-corrected chi connectivity index (χ2v) is 5.97. The molecule has 0 saturated carbocycles. The van der Waals surface area contributed by atoms with E-state index in [0.717, 1.165) is 17.1 Å². The zero-order valence-electron chi connectivity index (χ0n) is 14.6. The van der Waals surface area contributed by atoms with Gasteiger partial charge in [-0.2, -0.15) is 0 Å². The quantitative estimate of drug-likeness (QED) is 0.737. The van der Waals surface area contributed by atoms with Gasteiger partial charge in [-0.15, -0.1) is 0 Å². The first-order chi connectivity index (χ1) is 12.6. The Morgan fingerprint density at radius 1 is 1.15 bits per heavy atom. The normalized spacial score (nSPS) is 14.0. The second kappa shape index (κ2) is 8.35. The van der Waals surface area contributed by atoms with Crippen molar-refractivity contribution >= 4 is 28.9 Å². The summed E-state index contributed by atoms with van der Waals surface area (Å²) in [6, 6.07) is 15.0. The van der Waals surface area contributed by atoms with Gasteiger partial charge in [0.1, 0.15) is 5.75 Å². The maximum atomic E-state index is 12.1. The van der Waals surface area contributed by atoms with E-state index >= 15 is 0 Å². The minimum absolute atomic E-state index is 0.0516. The van der Waals surface area contributed by atoms with Crippen molar-refractivity contribution in [3.63, 3.8) is 0 Å². The van der Waals surface area contributed by atoms with Crippen molar-refractivity contribution in [3.8, 4) is 5.75 Å². The van der Waals surface area contributed by atoms with Crippen molar-refractivity contribution < 1.29 is 14.3 Å². The maximum absolute atomic E-state index is 12.1. The molecule has 0 radical (unpaired) electrons. The number of piperazine rings is 1. The van der Waals surface area contributed by atoms with Gasteiger partial charge in [0.25, 0.3) is 0 Å². The average molecular weight is 354 g/mol. The fourth-order valence-corrected chi connectivity index (χ4v) is 2.69. The first-order valence-electron chi connectivity index (χ1n) is 8.43. The highest BCUT2D eigenvalue weighted by molar-refractivity contribution is 5.95. The highest BCUT2D eigenvalue weighted by Crippen LogP contribution is 2.22. The van der Waals surface area contributed by atoms with Crippen molar-refractivity contribution in [2.75, 3.05) is 43.9 Å². The lowest BCUT2D eigenvalue weighted by Crippen LogP contribution is -2.50. The molecule has 3 rings (SSSR count). The fraction of sp³-hybridized carbons (Fsp3) is 0.263. The molecule has 7 heteroatoms. The van der Waals surface area contributed by atoms with Crippen molar-refractivity contribution in [2.24, 2.45) is 0 Å². The van der Waals surface area contributed by atoms with Gasteiger partial charge in [-0.25, -0.2) is 0 Å². The number of rotatable bonds is 6. The molecule has 0 aromatic heterocycles. The van der Waals surface area contributed by atoms with E-state index in [-0.39, 0.29) is 24.9 Å². The molecule has 0 aliphatic carbocycles. The molecule has 1 fully saturated rings. The molecule has 1 heterocycles. The Balaban J connectivity index is 1.55. The predicted molar refractivity (Wildman–Crippen MR) is 101 cm³/mol. The second-order valence-electron chi connectivity index (χ2n) is 5.97. The van der Waals surface area contributed by atoms with E-state index in [1.807, 2.05) is 48.5 Å². The van der Waals surface area contributed by atoms with Crippen LogP contribution in [0.15, 0.2) is 48.5 Å². The molecule has 2 aromatic rings. The van der Waals surface area contributed by atoms with Crippen molar-refractivity contribution in [3.05, 3.63) is 48.5 Å². The van der Waals surface area contributed by atoms with Gasteiger partial charge in [-0.3, -0.25) is 9.59 Å². The summed E-state index contributed by atoms with van der Waals surface area (Å²) in [4.78, 5) is 25.4. The van der Waals surface area contributed by atoms with E-state index in [1.165, 1.54) is 0 Å². The summed E-state index contributed by atoms with van der Waals surface area (Å²) >= 11 is 0. The number of anilines is 3. The van der Waals surface area contributed by atoms with Crippen LogP contribution in [0, 0.1) is 0 Å². The number of hydrogen-bond acceptors (Lipinski definition) is 5. The van der Waals surface area contributed by atoms with Crippen molar-refractivity contribution in [1.29, 1.82) is 0 Å². The molecule has 3 N–H and O–H groups in total. The van der Waals surface area contributed by atoms with Crippen LogP contribution in [-0.4, -0.2) is 50.0 Å². The maximum Gasteiger partial charge on any atom is 0.243 e.